The molecule has 0 unspecified atom stereocenters. The number of carbonyl (C=O) groups is 1. The maximum atomic E-state index is 11.6. The van der Waals surface area contributed by atoms with Crippen molar-refractivity contribution in [3.8, 4) is 0 Å². The van der Waals surface area contributed by atoms with Gasteiger partial charge in [0.25, 0.3) is 5.69 Å². The van der Waals surface area contributed by atoms with Crippen molar-refractivity contribution in [1.82, 2.24) is 4.98 Å². The number of H-pyrrole nitrogens is 1. The third kappa shape index (κ3) is 2.26. The van der Waals surface area contributed by atoms with Gasteiger partial charge in [0, 0.05) is 11.5 Å². The normalized spacial score (nSPS) is 10.7. The van der Waals surface area contributed by atoms with Crippen molar-refractivity contribution in [2.45, 2.75) is 13.8 Å². The number of nitro benzene ring substituents is 1. The number of rotatable bonds is 3. The predicted molar refractivity (Wildman–Crippen MR) is 70.7 cm³/mol. The van der Waals surface area contributed by atoms with Gasteiger partial charge < -0.3 is 9.72 Å². The summed E-state index contributed by atoms with van der Waals surface area (Å²) in [6.45, 7) is 3.58. The Morgan fingerprint density at radius 3 is 2.79 bits per heavy atom. The van der Waals surface area contributed by atoms with Gasteiger partial charge in [-0.1, -0.05) is 11.6 Å². The summed E-state index contributed by atoms with van der Waals surface area (Å²) in [5, 5.41) is 11.8. The molecule has 0 aliphatic heterocycles. The number of non-ortho nitro benzene ring substituents is 1. The Bertz CT molecular complexity index is 678. The zero-order chi connectivity index (χ0) is 14.2. The van der Waals surface area contributed by atoms with E-state index in [9.17, 15) is 14.9 Å². The minimum absolute atomic E-state index is 0.118. The number of hydrogen-bond donors (Lipinski definition) is 1. The van der Waals surface area contributed by atoms with Crippen molar-refractivity contribution in [2.24, 2.45) is 0 Å². The van der Waals surface area contributed by atoms with E-state index in [0.717, 1.165) is 0 Å². The van der Waals surface area contributed by atoms with E-state index in [-0.39, 0.29) is 23.5 Å². The standard InChI is InChI=1S/C12H11ClN2O4/c1-3-19-12(16)8-5-7-10(13)6(2)4-9(15(17)18)11(7)14-8/h4-5,14H,3H2,1-2H3. The quantitative estimate of drug-likeness (QED) is 0.532. The molecule has 0 spiro atoms. The maximum absolute atomic E-state index is 11.6. The summed E-state index contributed by atoms with van der Waals surface area (Å²) < 4.78 is 4.84. The van der Waals surface area contributed by atoms with Crippen LogP contribution in [-0.2, 0) is 4.74 Å². The van der Waals surface area contributed by atoms with Crippen molar-refractivity contribution in [3.63, 3.8) is 0 Å². The number of fused-ring (bicyclic) bond motifs is 1. The summed E-state index contributed by atoms with van der Waals surface area (Å²) in [5.41, 5.74) is 0.832. The van der Waals surface area contributed by atoms with E-state index in [0.29, 0.717) is 16.0 Å². The Labute approximate surface area is 113 Å². The highest BCUT2D eigenvalue weighted by atomic mass is 35.5. The summed E-state index contributed by atoms with van der Waals surface area (Å²) in [5.74, 6) is -0.568. The Balaban J connectivity index is 2.70. The summed E-state index contributed by atoms with van der Waals surface area (Å²) in [6, 6.07) is 2.84. The van der Waals surface area contributed by atoms with Crippen LogP contribution in [0.3, 0.4) is 0 Å². The minimum atomic E-state index is -0.568. The van der Waals surface area contributed by atoms with Crippen LogP contribution in [0.25, 0.3) is 10.9 Å². The van der Waals surface area contributed by atoms with E-state index in [4.69, 9.17) is 16.3 Å². The van der Waals surface area contributed by atoms with Gasteiger partial charge in [-0.05, 0) is 25.5 Å². The maximum Gasteiger partial charge on any atom is 0.354 e. The number of nitrogens with zero attached hydrogens (tertiary/aromatic N) is 1. The lowest BCUT2D eigenvalue weighted by Crippen LogP contribution is -2.04. The third-order valence-corrected chi connectivity index (χ3v) is 3.20. The molecule has 100 valence electrons. The van der Waals surface area contributed by atoms with Gasteiger partial charge in [-0.2, -0.15) is 0 Å². The van der Waals surface area contributed by atoms with Crippen LogP contribution in [0, 0.1) is 17.0 Å². The zero-order valence-electron chi connectivity index (χ0n) is 10.3. The summed E-state index contributed by atoms with van der Waals surface area (Å²) in [6.07, 6.45) is 0. The number of benzene rings is 1. The monoisotopic (exact) mass is 282 g/mol. The average Bonchev–Trinajstić information content (AvgIpc) is 2.79. The smallest absolute Gasteiger partial charge is 0.354 e. The molecule has 0 radical (unpaired) electrons. The highest BCUT2D eigenvalue weighted by Crippen LogP contribution is 2.34. The molecule has 0 saturated carbocycles. The van der Waals surface area contributed by atoms with E-state index in [1.165, 1.54) is 12.1 Å². The lowest BCUT2D eigenvalue weighted by atomic mass is 10.1. The lowest BCUT2D eigenvalue weighted by molar-refractivity contribution is -0.383. The molecule has 0 aliphatic rings. The van der Waals surface area contributed by atoms with Crippen LogP contribution in [0.15, 0.2) is 12.1 Å². The number of aromatic amines is 1. The van der Waals surface area contributed by atoms with Gasteiger partial charge in [0.15, 0.2) is 0 Å². The van der Waals surface area contributed by atoms with Crippen molar-refractivity contribution in [2.75, 3.05) is 6.61 Å². The average molecular weight is 283 g/mol. The molecule has 1 N–H and O–H groups in total. The number of aromatic nitrogens is 1. The van der Waals surface area contributed by atoms with Crippen LogP contribution >= 0.6 is 11.6 Å². The van der Waals surface area contributed by atoms with Gasteiger partial charge in [-0.15, -0.1) is 0 Å². The molecule has 0 aliphatic carbocycles. The van der Waals surface area contributed by atoms with E-state index in [2.05, 4.69) is 4.98 Å². The molecule has 2 aromatic rings. The molecule has 1 aromatic carbocycles. The van der Waals surface area contributed by atoms with Crippen molar-refractivity contribution in [1.29, 1.82) is 0 Å². The van der Waals surface area contributed by atoms with Crippen molar-refractivity contribution < 1.29 is 14.5 Å². The summed E-state index contributed by atoms with van der Waals surface area (Å²) in [7, 11) is 0. The molecule has 0 saturated heterocycles. The molecule has 0 atom stereocenters. The molecule has 0 amide bonds. The Kier molecular flexibility index (Phi) is 3.44. The Hall–Kier alpha value is -2.08. The minimum Gasteiger partial charge on any atom is -0.461 e. The third-order valence-electron chi connectivity index (χ3n) is 2.70. The number of ether oxygens (including phenoxy) is 1. The zero-order valence-corrected chi connectivity index (χ0v) is 11.1. The van der Waals surface area contributed by atoms with E-state index < -0.39 is 10.9 Å². The van der Waals surface area contributed by atoms with Crippen molar-refractivity contribution >= 4 is 34.2 Å². The highest BCUT2D eigenvalue weighted by molar-refractivity contribution is 6.36. The number of nitro groups is 1. The molecule has 1 heterocycles. The largest absolute Gasteiger partial charge is 0.461 e. The second-order valence-corrected chi connectivity index (χ2v) is 4.35. The molecule has 0 fully saturated rings. The van der Waals surface area contributed by atoms with Gasteiger partial charge >= 0.3 is 5.97 Å². The Morgan fingerprint density at radius 2 is 2.21 bits per heavy atom. The van der Waals surface area contributed by atoms with Crippen LogP contribution in [0.1, 0.15) is 23.0 Å². The molecule has 0 bridgehead atoms. The number of carbonyl (C=O) groups excluding carboxylic acids is 1. The molecule has 2 rings (SSSR count). The SMILES string of the molecule is CCOC(=O)c1cc2c(Cl)c(C)cc([N+](=O)[O-])c2[nH]1. The van der Waals surface area contributed by atoms with E-state index in [1.54, 1.807) is 13.8 Å². The van der Waals surface area contributed by atoms with Crippen LogP contribution in [0.4, 0.5) is 5.69 Å². The Morgan fingerprint density at radius 1 is 1.53 bits per heavy atom. The molecule has 6 nitrogen and oxygen atoms in total. The van der Waals surface area contributed by atoms with Gasteiger partial charge in [0.1, 0.15) is 11.2 Å². The van der Waals surface area contributed by atoms with Gasteiger partial charge in [0.05, 0.1) is 16.6 Å². The van der Waals surface area contributed by atoms with Crippen LogP contribution in [-0.4, -0.2) is 22.5 Å². The summed E-state index contributed by atoms with van der Waals surface area (Å²) >= 11 is 6.10. The molecule has 19 heavy (non-hydrogen) atoms. The van der Waals surface area contributed by atoms with Crippen LogP contribution < -0.4 is 0 Å². The van der Waals surface area contributed by atoms with Crippen LogP contribution in [0.2, 0.25) is 5.02 Å². The molecule has 7 heteroatoms. The number of hydrogen-bond acceptors (Lipinski definition) is 4. The fourth-order valence-electron chi connectivity index (χ4n) is 1.85. The second-order valence-electron chi connectivity index (χ2n) is 3.98. The summed E-state index contributed by atoms with van der Waals surface area (Å²) in [4.78, 5) is 24.8. The number of esters is 1. The first-order valence-electron chi connectivity index (χ1n) is 5.59. The first-order valence-corrected chi connectivity index (χ1v) is 5.96. The number of halogens is 1. The van der Waals surface area contributed by atoms with Crippen molar-refractivity contribution in [3.05, 3.63) is 38.5 Å². The first kappa shape index (κ1) is 13.4. The lowest BCUT2D eigenvalue weighted by Gasteiger charge is -2.00. The second kappa shape index (κ2) is 4.89. The predicted octanol–water partition coefficient (Wildman–Crippen LogP) is 3.21. The molecule has 1 aromatic heterocycles. The number of aryl methyl sites for hydroxylation is 1. The van der Waals surface area contributed by atoms with E-state index >= 15 is 0 Å². The number of nitrogens with one attached hydrogen (secondary N) is 1. The topological polar surface area (TPSA) is 85.2 Å². The first-order chi connectivity index (χ1) is 8.95. The van der Waals surface area contributed by atoms with Crippen LogP contribution in [0.5, 0.6) is 0 Å². The fourth-order valence-corrected chi connectivity index (χ4v) is 2.05. The van der Waals surface area contributed by atoms with Gasteiger partial charge in [0.2, 0.25) is 0 Å². The van der Waals surface area contributed by atoms with Gasteiger partial charge in [-0.3, -0.25) is 10.1 Å². The van der Waals surface area contributed by atoms with Gasteiger partial charge in [-0.25, -0.2) is 4.79 Å². The van der Waals surface area contributed by atoms with E-state index in [1.807, 2.05) is 0 Å². The molecular weight excluding hydrogens is 272 g/mol. The highest BCUT2D eigenvalue weighted by Gasteiger charge is 2.21. The fraction of sp³-hybridized carbons (Fsp3) is 0.250. The molecular formula is C12H11ClN2O4.